The standard InChI is InChI=1S/C18H36O6.Na/c1-2-3-4-5-6-7-8-9-10-11-12-14(20)16(22)18(24)17(23)15(21)13-19;/h15-19,21-24H,2-13H2,1H3;/t15-,16+,17-,18-;/m1./s1. The summed E-state index contributed by atoms with van der Waals surface area (Å²) in [6, 6.07) is 0. The summed E-state index contributed by atoms with van der Waals surface area (Å²) in [7, 11) is 0. The second-order valence-corrected chi connectivity index (χ2v) is 6.57. The molecule has 0 amide bonds. The quantitative estimate of drug-likeness (QED) is 0.203. The number of rotatable bonds is 16. The van der Waals surface area contributed by atoms with Crippen molar-refractivity contribution in [3.8, 4) is 0 Å². The van der Waals surface area contributed by atoms with Crippen LogP contribution in [0.3, 0.4) is 0 Å². The number of carbonyl (C=O) groups is 1. The number of hydrogen-bond donors (Lipinski definition) is 5. The van der Waals surface area contributed by atoms with E-state index in [1.807, 2.05) is 0 Å². The van der Waals surface area contributed by atoms with Gasteiger partial charge in [-0.2, -0.15) is 0 Å². The van der Waals surface area contributed by atoms with E-state index in [1.54, 1.807) is 0 Å². The van der Waals surface area contributed by atoms with Crippen molar-refractivity contribution in [2.24, 2.45) is 0 Å². The normalized spacial score (nSPS) is 15.9. The summed E-state index contributed by atoms with van der Waals surface area (Å²) in [5, 5.41) is 46.7. The first kappa shape index (κ1) is 27.7. The molecule has 25 heavy (non-hydrogen) atoms. The van der Waals surface area contributed by atoms with Gasteiger partial charge in [-0.1, -0.05) is 64.7 Å². The Morgan fingerprint density at radius 2 is 1.20 bits per heavy atom. The number of aliphatic hydroxyl groups excluding tert-OH is 5. The largest absolute Gasteiger partial charge is 0.394 e. The van der Waals surface area contributed by atoms with Crippen LogP contribution in [0, 0.1) is 0 Å². The summed E-state index contributed by atoms with van der Waals surface area (Å²) >= 11 is 0. The minimum atomic E-state index is -1.79. The molecule has 7 heteroatoms. The molecule has 0 heterocycles. The van der Waals surface area contributed by atoms with Crippen molar-refractivity contribution >= 4 is 35.3 Å². The molecule has 0 aliphatic carbocycles. The van der Waals surface area contributed by atoms with Gasteiger partial charge in [0.25, 0.3) is 0 Å². The molecule has 0 bridgehead atoms. The van der Waals surface area contributed by atoms with E-state index in [1.165, 1.54) is 38.5 Å². The summed E-state index contributed by atoms with van der Waals surface area (Å²) in [4.78, 5) is 11.8. The fourth-order valence-corrected chi connectivity index (χ4v) is 2.65. The summed E-state index contributed by atoms with van der Waals surface area (Å²) in [6.07, 6.45) is 4.63. The van der Waals surface area contributed by atoms with E-state index in [9.17, 15) is 25.2 Å². The van der Waals surface area contributed by atoms with Crippen molar-refractivity contribution in [1.29, 1.82) is 0 Å². The van der Waals surface area contributed by atoms with Gasteiger partial charge in [-0.25, -0.2) is 0 Å². The van der Waals surface area contributed by atoms with Crippen molar-refractivity contribution in [2.45, 2.75) is 102 Å². The molecule has 0 saturated carbocycles. The van der Waals surface area contributed by atoms with Gasteiger partial charge in [-0.05, 0) is 6.42 Å². The SMILES string of the molecule is CCCCCCCCCCCCC(=O)[C@H](O)[C@@H](O)[C@H](O)[C@H](O)CO.[Na]. The van der Waals surface area contributed by atoms with E-state index >= 15 is 0 Å². The molecule has 145 valence electrons. The molecule has 0 spiro atoms. The molecular formula is C18H36NaO6. The Hall–Kier alpha value is 0.470. The first-order valence-corrected chi connectivity index (χ1v) is 9.31. The predicted octanol–water partition coefficient (Wildman–Crippen LogP) is 0.922. The maximum Gasteiger partial charge on any atom is 0.164 e. The monoisotopic (exact) mass is 371 g/mol. The number of Topliss-reactive ketones (excluding diaryl/α,β-unsaturated/α-hetero) is 1. The minimum Gasteiger partial charge on any atom is -0.394 e. The van der Waals surface area contributed by atoms with Crippen LogP contribution in [0.2, 0.25) is 0 Å². The van der Waals surface area contributed by atoms with Crippen LogP contribution in [0.25, 0.3) is 0 Å². The third kappa shape index (κ3) is 13.3. The fraction of sp³-hybridized carbons (Fsp3) is 0.944. The van der Waals surface area contributed by atoms with Crippen LogP contribution in [0.1, 0.15) is 77.6 Å². The molecule has 0 fully saturated rings. The van der Waals surface area contributed by atoms with E-state index < -0.39 is 36.8 Å². The molecule has 1 radical (unpaired) electrons. The molecule has 4 atom stereocenters. The Morgan fingerprint density at radius 3 is 1.64 bits per heavy atom. The van der Waals surface area contributed by atoms with Gasteiger partial charge in [0.2, 0.25) is 0 Å². The zero-order chi connectivity index (χ0) is 18.4. The molecule has 0 aliphatic heterocycles. The van der Waals surface area contributed by atoms with E-state index in [2.05, 4.69) is 6.92 Å². The van der Waals surface area contributed by atoms with Gasteiger partial charge in [0.1, 0.15) is 24.4 Å². The van der Waals surface area contributed by atoms with Crippen molar-refractivity contribution < 1.29 is 30.3 Å². The fourth-order valence-electron chi connectivity index (χ4n) is 2.65. The van der Waals surface area contributed by atoms with Gasteiger partial charge in [0.15, 0.2) is 5.78 Å². The van der Waals surface area contributed by atoms with Crippen LogP contribution in [0.5, 0.6) is 0 Å². The van der Waals surface area contributed by atoms with Crippen LogP contribution in [0.4, 0.5) is 0 Å². The number of ketones is 1. The maximum absolute atomic E-state index is 11.8. The Bertz CT molecular complexity index is 316. The van der Waals surface area contributed by atoms with Crippen molar-refractivity contribution in [3.05, 3.63) is 0 Å². The Morgan fingerprint density at radius 1 is 0.760 bits per heavy atom. The average molecular weight is 371 g/mol. The molecule has 5 N–H and O–H groups in total. The second-order valence-electron chi connectivity index (χ2n) is 6.57. The van der Waals surface area contributed by atoms with Crippen LogP contribution in [-0.2, 0) is 4.79 Å². The van der Waals surface area contributed by atoms with Crippen molar-refractivity contribution in [2.75, 3.05) is 6.61 Å². The first-order chi connectivity index (χ1) is 11.5. The Labute approximate surface area is 173 Å². The van der Waals surface area contributed by atoms with Gasteiger partial charge < -0.3 is 25.5 Å². The molecule has 0 aromatic carbocycles. The molecule has 0 aromatic rings. The summed E-state index contributed by atoms with van der Waals surface area (Å²) in [6.45, 7) is 1.45. The molecule has 0 rings (SSSR count). The van der Waals surface area contributed by atoms with E-state index in [4.69, 9.17) is 5.11 Å². The average Bonchev–Trinajstić information content (AvgIpc) is 2.60. The maximum atomic E-state index is 11.8. The van der Waals surface area contributed by atoms with E-state index in [-0.39, 0.29) is 36.0 Å². The smallest absolute Gasteiger partial charge is 0.164 e. The van der Waals surface area contributed by atoms with E-state index in [0.717, 1.165) is 19.3 Å². The number of carbonyl (C=O) groups excluding carboxylic acids is 1. The van der Waals surface area contributed by atoms with Gasteiger partial charge in [0, 0.05) is 36.0 Å². The third-order valence-electron chi connectivity index (χ3n) is 4.36. The third-order valence-corrected chi connectivity index (χ3v) is 4.36. The molecular weight excluding hydrogens is 335 g/mol. The predicted molar refractivity (Wildman–Crippen MR) is 98.3 cm³/mol. The number of hydrogen-bond acceptors (Lipinski definition) is 6. The zero-order valence-corrected chi connectivity index (χ0v) is 17.9. The molecule has 6 nitrogen and oxygen atoms in total. The van der Waals surface area contributed by atoms with Gasteiger partial charge in [-0.3, -0.25) is 4.79 Å². The Kier molecular flexibility index (Phi) is 19.8. The first-order valence-electron chi connectivity index (χ1n) is 9.31. The molecule has 0 saturated heterocycles. The number of unbranched alkanes of at least 4 members (excludes halogenated alkanes) is 9. The van der Waals surface area contributed by atoms with Gasteiger partial charge in [-0.15, -0.1) is 0 Å². The van der Waals surface area contributed by atoms with Crippen LogP contribution < -0.4 is 0 Å². The minimum absolute atomic E-state index is 0. The van der Waals surface area contributed by atoms with E-state index in [0.29, 0.717) is 6.42 Å². The molecule has 0 aliphatic rings. The van der Waals surface area contributed by atoms with Crippen LogP contribution >= 0.6 is 0 Å². The molecule has 0 aromatic heterocycles. The Balaban J connectivity index is 0. The zero-order valence-electron chi connectivity index (χ0n) is 15.9. The topological polar surface area (TPSA) is 118 Å². The van der Waals surface area contributed by atoms with Crippen LogP contribution in [-0.4, -0.2) is 91.9 Å². The number of aliphatic hydroxyl groups is 5. The summed E-state index contributed by atoms with van der Waals surface area (Å²) in [5.74, 6) is -0.550. The summed E-state index contributed by atoms with van der Waals surface area (Å²) < 4.78 is 0. The van der Waals surface area contributed by atoms with Gasteiger partial charge in [0.05, 0.1) is 6.61 Å². The van der Waals surface area contributed by atoms with Crippen molar-refractivity contribution in [3.63, 3.8) is 0 Å². The van der Waals surface area contributed by atoms with Crippen LogP contribution in [0.15, 0.2) is 0 Å². The van der Waals surface area contributed by atoms with Gasteiger partial charge >= 0.3 is 0 Å². The second kappa shape index (κ2) is 17.9. The summed E-state index contributed by atoms with van der Waals surface area (Å²) in [5.41, 5.74) is 0. The molecule has 0 unspecified atom stereocenters. The van der Waals surface area contributed by atoms with Crippen molar-refractivity contribution in [1.82, 2.24) is 0 Å².